The molecule has 1 aromatic carbocycles. The van der Waals surface area contributed by atoms with Crippen LogP contribution >= 0.6 is 0 Å². The summed E-state index contributed by atoms with van der Waals surface area (Å²) in [7, 11) is 0. The molecule has 1 rings (SSSR count). The molecule has 1 amide bonds. The molecule has 0 saturated carbocycles. The van der Waals surface area contributed by atoms with Gasteiger partial charge in [-0.05, 0) is 37.6 Å². The number of benzene rings is 1. The molecule has 0 radical (unpaired) electrons. The number of rotatable bonds is 4. The zero-order valence-electron chi connectivity index (χ0n) is 9.97. The van der Waals surface area contributed by atoms with Gasteiger partial charge in [-0.25, -0.2) is 0 Å². The average molecular weight is 235 g/mol. The van der Waals surface area contributed by atoms with Gasteiger partial charge in [0.25, 0.3) is 0 Å². The summed E-state index contributed by atoms with van der Waals surface area (Å²) in [4.78, 5) is 11.5. The molecule has 92 valence electrons. The number of phenolic OH excluding ortho intramolecular Hbond substituents is 1. The molecule has 0 aliphatic rings. The first-order valence-corrected chi connectivity index (χ1v) is 5.33. The topological polar surface area (TPSA) is 69.6 Å². The quantitative estimate of drug-likeness (QED) is 0.689. The molecule has 0 heterocycles. The summed E-state index contributed by atoms with van der Waals surface area (Å²) in [5.41, 5.74) is 0.191. The van der Waals surface area contributed by atoms with Gasteiger partial charge in [-0.15, -0.1) is 0 Å². The molecule has 0 saturated heterocycles. The smallest absolute Gasteiger partial charge is 0.244 e. The lowest BCUT2D eigenvalue weighted by atomic mass is 10.1. The van der Waals surface area contributed by atoms with E-state index >= 15 is 0 Å². The number of aromatic hydroxyl groups is 1. The van der Waals surface area contributed by atoms with Crippen molar-refractivity contribution in [2.24, 2.45) is 0 Å². The fraction of sp³-hybridized carbons (Fsp3) is 0.308. The lowest BCUT2D eigenvalue weighted by molar-refractivity contribution is -0.118. The van der Waals surface area contributed by atoms with Gasteiger partial charge in [0.2, 0.25) is 5.91 Å². The first-order chi connectivity index (χ1) is 7.93. The molecule has 0 fully saturated rings. The first-order valence-electron chi connectivity index (χ1n) is 5.33. The van der Waals surface area contributed by atoms with Gasteiger partial charge in [0, 0.05) is 6.08 Å². The van der Waals surface area contributed by atoms with Gasteiger partial charge in [0.1, 0.15) is 5.75 Å². The third-order valence-corrected chi connectivity index (χ3v) is 2.18. The summed E-state index contributed by atoms with van der Waals surface area (Å²) in [6.45, 7) is 3.35. The highest BCUT2D eigenvalue weighted by molar-refractivity contribution is 5.92. The van der Waals surface area contributed by atoms with Crippen LogP contribution in [0.15, 0.2) is 30.3 Å². The van der Waals surface area contributed by atoms with Crippen LogP contribution in [-0.2, 0) is 4.79 Å². The van der Waals surface area contributed by atoms with Crippen molar-refractivity contribution < 1.29 is 15.0 Å². The molecule has 3 N–H and O–H groups in total. The summed E-state index contributed by atoms with van der Waals surface area (Å²) in [6.07, 6.45) is 3.03. The van der Waals surface area contributed by atoms with Crippen LogP contribution in [0.1, 0.15) is 19.4 Å². The minimum atomic E-state index is -0.629. The highest BCUT2D eigenvalue weighted by Crippen LogP contribution is 2.10. The molecule has 0 aliphatic heterocycles. The largest absolute Gasteiger partial charge is 0.508 e. The minimum Gasteiger partial charge on any atom is -0.508 e. The number of amides is 1. The molecule has 0 spiro atoms. The Hall–Kier alpha value is -1.81. The van der Waals surface area contributed by atoms with Gasteiger partial charge < -0.3 is 15.5 Å². The van der Waals surface area contributed by atoms with E-state index in [9.17, 15) is 4.79 Å². The zero-order chi connectivity index (χ0) is 12.9. The predicted molar refractivity (Wildman–Crippen MR) is 66.4 cm³/mol. The average Bonchev–Trinajstić information content (AvgIpc) is 2.28. The molecular weight excluding hydrogens is 218 g/mol. The lowest BCUT2D eigenvalue weighted by Gasteiger charge is -2.22. The van der Waals surface area contributed by atoms with Crippen molar-refractivity contribution in [3.05, 3.63) is 35.9 Å². The Morgan fingerprint density at radius 2 is 1.94 bits per heavy atom. The standard InChI is InChI=1S/C13H17NO3/c1-13(2,9-15)14-12(17)8-5-10-3-6-11(16)7-4-10/h3-8,15-16H,9H2,1-2H3,(H,14,17)/b8-5+. The van der Waals surface area contributed by atoms with Crippen LogP contribution in [-0.4, -0.2) is 28.3 Å². The summed E-state index contributed by atoms with van der Waals surface area (Å²) in [6, 6.07) is 6.51. The minimum absolute atomic E-state index is 0.119. The van der Waals surface area contributed by atoms with Crippen LogP contribution in [0.2, 0.25) is 0 Å². The third kappa shape index (κ3) is 4.70. The molecule has 1 aromatic rings. The van der Waals surface area contributed by atoms with Crippen molar-refractivity contribution in [1.82, 2.24) is 5.32 Å². The van der Waals surface area contributed by atoms with E-state index in [1.54, 1.807) is 44.2 Å². The normalized spacial score (nSPS) is 11.7. The van der Waals surface area contributed by atoms with Crippen molar-refractivity contribution in [2.75, 3.05) is 6.61 Å². The fourth-order valence-corrected chi connectivity index (χ4v) is 1.17. The van der Waals surface area contributed by atoms with Crippen LogP contribution < -0.4 is 5.32 Å². The van der Waals surface area contributed by atoms with Crippen molar-refractivity contribution in [2.45, 2.75) is 19.4 Å². The highest BCUT2D eigenvalue weighted by Gasteiger charge is 2.17. The maximum atomic E-state index is 11.5. The Balaban J connectivity index is 2.60. The molecule has 0 atom stereocenters. The molecule has 0 aromatic heterocycles. The van der Waals surface area contributed by atoms with E-state index in [0.717, 1.165) is 5.56 Å². The molecule has 0 unspecified atom stereocenters. The first kappa shape index (κ1) is 13.3. The van der Waals surface area contributed by atoms with E-state index in [-0.39, 0.29) is 18.3 Å². The fourth-order valence-electron chi connectivity index (χ4n) is 1.17. The molecule has 4 heteroatoms. The van der Waals surface area contributed by atoms with Crippen LogP contribution in [0.5, 0.6) is 5.75 Å². The maximum Gasteiger partial charge on any atom is 0.244 e. The SMILES string of the molecule is CC(C)(CO)NC(=O)/C=C/c1ccc(O)cc1. The number of hydrogen-bond acceptors (Lipinski definition) is 3. The number of aliphatic hydroxyl groups is 1. The van der Waals surface area contributed by atoms with Gasteiger partial charge in [-0.2, -0.15) is 0 Å². The van der Waals surface area contributed by atoms with Crippen LogP contribution in [0.4, 0.5) is 0 Å². The van der Waals surface area contributed by atoms with E-state index in [4.69, 9.17) is 10.2 Å². The summed E-state index contributed by atoms with van der Waals surface area (Å²) < 4.78 is 0. The highest BCUT2D eigenvalue weighted by atomic mass is 16.3. The van der Waals surface area contributed by atoms with E-state index < -0.39 is 5.54 Å². The predicted octanol–water partition coefficient (Wildman–Crippen LogP) is 1.29. The molecule has 0 aliphatic carbocycles. The zero-order valence-corrected chi connectivity index (χ0v) is 9.97. The number of nitrogens with one attached hydrogen (secondary N) is 1. The Bertz CT molecular complexity index is 407. The summed E-state index contributed by atoms with van der Waals surface area (Å²) >= 11 is 0. The second-order valence-electron chi connectivity index (χ2n) is 4.46. The molecule has 4 nitrogen and oxygen atoms in total. The number of hydrogen-bond donors (Lipinski definition) is 3. The molecule has 0 bridgehead atoms. The molecular formula is C13H17NO3. The van der Waals surface area contributed by atoms with E-state index in [2.05, 4.69) is 5.32 Å². The Labute approximate surface area is 101 Å². The maximum absolute atomic E-state index is 11.5. The Morgan fingerprint density at radius 3 is 2.47 bits per heavy atom. The number of carbonyl (C=O) groups excluding carboxylic acids is 1. The van der Waals surface area contributed by atoms with Crippen molar-refractivity contribution >= 4 is 12.0 Å². The summed E-state index contributed by atoms with van der Waals surface area (Å²) in [5, 5.41) is 20.7. The van der Waals surface area contributed by atoms with Crippen molar-refractivity contribution in [1.29, 1.82) is 0 Å². The van der Waals surface area contributed by atoms with Crippen molar-refractivity contribution in [3.63, 3.8) is 0 Å². The van der Waals surface area contributed by atoms with Crippen LogP contribution in [0, 0.1) is 0 Å². The third-order valence-electron chi connectivity index (χ3n) is 2.18. The van der Waals surface area contributed by atoms with E-state index in [1.807, 2.05) is 0 Å². The molecule has 17 heavy (non-hydrogen) atoms. The monoisotopic (exact) mass is 235 g/mol. The number of phenols is 1. The van der Waals surface area contributed by atoms with Gasteiger partial charge in [0.05, 0.1) is 12.1 Å². The van der Waals surface area contributed by atoms with Crippen LogP contribution in [0.3, 0.4) is 0 Å². The van der Waals surface area contributed by atoms with Gasteiger partial charge in [0.15, 0.2) is 0 Å². The second-order valence-corrected chi connectivity index (χ2v) is 4.46. The van der Waals surface area contributed by atoms with Gasteiger partial charge >= 0.3 is 0 Å². The summed E-state index contributed by atoms with van der Waals surface area (Å²) in [5.74, 6) is -0.0786. The Morgan fingerprint density at radius 1 is 1.35 bits per heavy atom. The second kappa shape index (κ2) is 5.50. The lowest BCUT2D eigenvalue weighted by Crippen LogP contribution is -2.45. The van der Waals surface area contributed by atoms with E-state index in [1.165, 1.54) is 6.08 Å². The Kier molecular flexibility index (Phi) is 4.29. The van der Waals surface area contributed by atoms with Crippen LogP contribution in [0.25, 0.3) is 6.08 Å². The van der Waals surface area contributed by atoms with Crippen molar-refractivity contribution in [3.8, 4) is 5.75 Å². The van der Waals surface area contributed by atoms with E-state index in [0.29, 0.717) is 0 Å². The number of aliphatic hydroxyl groups excluding tert-OH is 1. The van der Waals surface area contributed by atoms with Gasteiger partial charge in [-0.1, -0.05) is 12.1 Å². The van der Waals surface area contributed by atoms with Gasteiger partial charge in [-0.3, -0.25) is 4.79 Å². The number of carbonyl (C=O) groups is 1.